The Balaban J connectivity index is 1.65. The monoisotopic (exact) mass is 464 g/mol. The Hall–Kier alpha value is -3.38. The van der Waals surface area contributed by atoms with Crippen LogP contribution in [0.15, 0.2) is 41.6 Å². The van der Waals surface area contributed by atoms with Crippen LogP contribution in [0.3, 0.4) is 0 Å². The summed E-state index contributed by atoms with van der Waals surface area (Å²) in [5, 5.41) is 30.1. The number of hydrogen-bond donors (Lipinski definition) is 4. The predicted octanol–water partition coefficient (Wildman–Crippen LogP) is -0.133. The number of carboxylic acid groups (broad SMARTS) is 2. The number of fused-ring (bicyclic) bond motifs is 1. The van der Waals surface area contributed by atoms with Crippen molar-refractivity contribution in [2.45, 2.75) is 30.4 Å². The van der Waals surface area contributed by atoms with Crippen LogP contribution in [-0.2, 0) is 28.7 Å². The van der Waals surface area contributed by atoms with Crippen LogP contribution in [0.5, 0.6) is 0 Å². The lowest BCUT2D eigenvalue weighted by Crippen LogP contribution is -2.71. The van der Waals surface area contributed by atoms with Gasteiger partial charge in [-0.05, 0) is 5.56 Å². The Morgan fingerprint density at radius 3 is 2.47 bits per heavy atom. The first-order valence-electron chi connectivity index (χ1n) is 9.51. The summed E-state index contributed by atoms with van der Waals surface area (Å²) in [6, 6.07) is 7.13. The average Bonchev–Trinajstić information content (AvgIpc) is 2.78. The number of aliphatic carboxylic acids is 2. The molecule has 0 unspecified atom stereocenters. The van der Waals surface area contributed by atoms with E-state index in [0.29, 0.717) is 5.56 Å². The number of aliphatic hydroxyl groups excluding tert-OH is 1. The second-order valence-corrected chi connectivity index (χ2v) is 8.13. The van der Waals surface area contributed by atoms with Gasteiger partial charge in [0.05, 0.1) is 12.8 Å². The normalized spacial score (nSPS) is 20.7. The smallest absolute Gasteiger partial charge is 0.352 e. The number of thioether (sulfide) groups is 1. The molecule has 2 amide bonds. The molecule has 0 bridgehead atoms. The molecule has 0 aliphatic carbocycles. The van der Waals surface area contributed by atoms with Gasteiger partial charge in [0, 0.05) is 11.3 Å². The number of amides is 2. The minimum atomic E-state index is -1.48. The molecule has 2 heterocycles. The number of carbonyl (C=O) groups is 5. The SMILES string of the molecule is O=C(O)CCC(=O)OCC1=C(C(=O)O)N2C(=O)[C@@H](NC(=O)[C@H](O)c3ccccc3)[C@H]2SC1. The Morgan fingerprint density at radius 1 is 1.16 bits per heavy atom. The molecule has 1 saturated heterocycles. The van der Waals surface area contributed by atoms with Gasteiger partial charge in [0.15, 0.2) is 6.10 Å². The third-order valence-electron chi connectivity index (χ3n) is 4.86. The molecule has 3 rings (SSSR count). The summed E-state index contributed by atoms with van der Waals surface area (Å²) in [4.78, 5) is 59.9. The Labute approximate surface area is 186 Å². The second kappa shape index (κ2) is 9.83. The number of rotatable bonds is 9. The summed E-state index contributed by atoms with van der Waals surface area (Å²) in [5.41, 5.74) is 0.201. The number of hydrogen-bond acceptors (Lipinski definition) is 8. The number of aliphatic hydroxyl groups is 1. The first-order chi connectivity index (χ1) is 15.2. The van der Waals surface area contributed by atoms with Gasteiger partial charge in [0.2, 0.25) is 0 Å². The lowest BCUT2D eigenvalue weighted by molar-refractivity contribution is -0.152. The van der Waals surface area contributed by atoms with Crippen molar-refractivity contribution in [3.05, 3.63) is 47.2 Å². The fourth-order valence-electron chi connectivity index (χ4n) is 3.26. The number of nitrogens with one attached hydrogen (secondary N) is 1. The predicted molar refractivity (Wildman–Crippen MR) is 109 cm³/mol. The highest BCUT2D eigenvalue weighted by molar-refractivity contribution is 8.00. The van der Waals surface area contributed by atoms with Crippen molar-refractivity contribution in [2.24, 2.45) is 0 Å². The molecule has 12 heteroatoms. The van der Waals surface area contributed by atoms with E-state index in [1.54, 1.807) is 30.3 Å². The van der Waals surface area contributed by atoms with E-state index in [1.807, 2.05) is 0 Å². The molecule has 2 aliphatic rings. The van der Waals surface area contributed by atoms with Crippen LogP contribution in [0, 0.1) is 0 Å². The molecule has 1 fully saturated rings. The van der Waals surface area contributed by atoms with Crippen LogP contribution in [0.2, 0.25) is 0 Å². The first kappa shape index (κ1) is 23.3. The summed E-state index contributed by atoms with van der Waals surface area (Å²) >= 11 is 1.18. The minimum absolute atomic E-state index is 0.121. The Kier molecular flexibility index (Phi) is 7.15. The quantitative estimate of drug-likeness (QED) is 0.285. The maximum absolute atomic E-state index is 12.6. The van der Waals surface area contributed by atoms with Crippen LogP contribution < -0.4 is 5.32 Å². The van der Waals surface area contributed by atoms with Gasteiger partial charge < -0.3 is 25.4 Å². The first-order valence-corrected chi connectivity index (χ1v) is 10.6. The van der Waals surface area contributed by atoms with Crippen LogP contribution in [0.1, 0.15) is 24.5 Å². The van der Waals surface area contributed by atoms with Crippen molar-refractivity contribution in [3.63, 3.8) is 0 Å². The van der Waals surface area contributed by atoms with Gasteiger partial charge in [-0.1, -0.05) is 30.3 Å². The van der Waals surface area contributed by atoms with E-state index in [-0.39, 0.29) is 23.4 Å². The summed E-state index contributed by atoms with van der Waals surface area (Å²) in [7, 11) is 0. The zero-order valence-electron chi connectivity index (χ0n) is 16.6. The summed E-state index contributed by atoms with van der Waals surface area (Å²) < 4.78 is 4.95. The number of carboxylic acids is 2. The molecule has 0 aromatic heterocycles. The van der Waals surface area contributed by atoms with Crippen molar-refractivity contribution in [1.29, 1.82) is 0 Å². The molecule has 0 radical (unpaired) electrons. The van der Waals surface area contributed by atoms with Crippen molar-refractivity contribution in [2.75, 3.05) is 12.4 Å². The maximum atomic E-state index is 12.6. The van der Waals surface area contributed by atoms with Gasteiger partial charge in [0.25, 0.3) is 11.8 Å². The van der Waals surface area contributed by atoms with Gasteiger partial charge in [-0.15, -0.1) is 11.8 Å². The van der Waals surface area contributed by atoms with E-state index >= 15 is 0 Å². The van der Waals surface area contributed by atoms with E-state index in [1.165, 1.54) is 11.8 Å². The third-order valence-corrected chi connectivity index (χ3v) is 6.20. The molecule has 0 saturated carbocycles. The molecule has 0 spiro atoms. The van der Waals surface area contributed by atoms with Gasteiger partial charge >= 0.3 is 17.9 Å². The molecule has 32 heavy (non-hydrogen) atoms. The number of benzene rings is 1. The van der Waals surface area contributed by atoms with Crippen LogP contribution in [-0.4, -0.2) is 73.7 Å². The molecule has 2 aliphatic heterocycles. The largest absolute Gasteiger partial charge is 0.481 e. The number of carbonyl (C=O) groups excluding carboxylic acids is 3. The van der Waals surface area contributed by atoms with Gasteiger partial charge in [-0.3, -0.25) is 24.1 Å². The summed E-state index contributed by atoms with van der Waals surface area (Å²) in [6.07, 6.45) is -2.26. The highest BCUT2D eigenvalue weighted by atomic mass is 32.2. The highest BCUT2D eigenvalue weighted by Crippen LogP contribution is 2.40. The van der Waals surface area contributed by atoms with E-state index < -0.39 is 60.3 Å². The molecule has 170 valence electrons. The molecule has 1 aromatic rings. The van der Waals surface area contributed by atoms with Crippen molar-refractivity contribution in [3.8, 4) is 0 Å². The van der Waals surface area contributed by atoms with Crippen LogP contribution in [0.4, 0.5) is 0 Å². The molecule has 11 nitrogen and oxygen atoms in total. The maximum Gasteiger partial charge on any atom is 0.352 e. The second-order valence-electron chi connectivity index (χ2n) is 7.02. The van der Waals surface area contributed by atoms with E-state index in [0.717, 1.165) is 4.90 Å². The van der Waals surface area contributed by atoms with Crippen molar-refractivity contribution < 1.29 is 44.0 Å². The van der Waals surface area contributed by atoms with Crippen molar-refractivity contribution in [1.82, 2.24) is 10.2 Å². The lowest BCUT2D eigenvalue weighted by Gasteiger charge is -2.49. The fourth-order valence-corrected chi connectivity index (χ4v) is 4.59. The topological polar surface area (TPSA) is 171 Å². The molecule has 3 atom stereocenters. The average molecular weight is 464 g/mol. The van der Waals surface area contributed by atoms with Gasteiger partial charge in [-0.2, -0.15) is 0 Å². The zero-order valence-corrected chi connectivity index (χ0v) is 17.4. The Morgan fingerprint density at radius 2 is 1.84 bits per heavy atom. The number of esters is 1. The van der Waals surface area contributed by atoms with E-state index in [9.17, 15) is 34.2 Å². The third kappa shape index (κ3) is 4.92. The van der Waals surface area contributed by atoms with E-state index in [4.69, 9.17) is 9.84 Å². The molecule has 1 aromatic carbocycles. The number of ether oxygens (including phenoxy) is 1. The molecular weight excluding hydrogens is 444 g/mol. The standard InChI is InChI=1S/C20H20N2O9S/c23-12(24)6-7-13(25)31-8-11-9-32-19-14(18(28)22(19)15(11)20(29)30)21-17(27)16(26)10-4-2-1-3-5-10/h1-5,14,16,19,26H,6-9H2,(H,21,27)(H,23,24)(H,29,30)/t14-,16-,19-/m1/s1. The summed E-state index contributed by atoms with van der Waals surface area (Å²) in [5.74, 6) is -4.69. The lowest BCUT2D eigenvalue weighted by atomic mass is 10.0. The molecule has 4 N–H and O–H groups in total. The van der Waals surface area contributed by atoms with Crippen LogP contribution >= 0.6 is 11.8 Å². The van der Waals surface area contributed by atoms with Crippen LogP contribution in [0.25, 0.3) is 0 Å². The zero-order chi connectivity index (χ0) is 23.4. The highest BCUT2D eigenvalue weighted by Gasteiger charge is 2.54. The van der Waals surface area contributed by atoms with E-state index in [2.05, 4.69) is 5.32 Å². The Bertz CT molecular complexity index is 979. The molecular formula is C20H20N2O9S. The van der Waals surface area contributed by atoms with Gasteiger partial charge in [-0.25, -0.2) is 4.79 Å². The fraction of sp³-hybridized carbons (Fsp3) is 0.350. The summed E-state index contributed by atoms with van der Waals surface area (Å²) in [6.45, 7) is -0.396. The van der Waals surface area contributed by atoms with Gasteiger partial charge in [0.1, 0.15) is 23.7 Å². The van der Waals surface area contributed by atoms with Crippen molar-refractivity contribution >= 4 is 41.5 Å². The minimum Gasteiger partial charge on any atom is -0.481 e. The number of β-lactam (4-membered cyclic amide) rings is 1. The number of nitrogens with zero attached hydrogens (tertiary/aromatic N) is 1.